The van der Waals surface area contributed by atoms with Gasteiger partial charge in [-0.3, -0.25) is 4.79 Å². The average Bonchev–Trinajstić information content (AvgIpc) is 3.05. The second kappa shape index (κ2) is 6.39. The van der Waals surface area contributed by atoms with Crippen LogP contribution >= 0.6 is 0 Å². The molecule has 0 saturated carbocycles. The molecule has 1 amide bonds. The highest BCUT2D eigenvalue weighted by Gasteiger charge is 2.24. The quantitative estimate of drug-likeness (QED) is 0.804. The Morgan fingerprint density at radius 2 is 1.91 bits per heavy atom. The van der Waals surface area contributed by atoms with Crippen molar-refractivity contribution in [3.8, 4) is 0 Å². The fraction of sp³-hybridized carbons (Fsp3) is 0.176. The lowest BCUT2D eigenvalue weighted by Gasteiger charge is -2.17. The van der Waals surface area contributed by atoms with E-state index in [1.54, 1.807) is 0 Å². The number of amides is 1. The van der Waals surface area contributed by atoms with Crippen LogP contribution in [0.3, 0.4) is 0 Å². The number of hydrogen-bond donors (Lipinski definition) is 1. The fourth-order valence-corrected chi connectivity index (χ4v) is 2.50. The lowest BCUT2D eigenvalue weighted by molar-refractivity contribution is -0.118. The van der Waals surface area contributed by atoms with E-state index in [0.717, 1.165) is 22.4 Å². The molecule has 1 aromatic heterocycles. The first-order valence-corrected chi connectivity index (χ1v) is 7.30. The van der Waals surface area contributed by atoms with Gasteiger partial charge < -0.3 is 5.32 Å². The molecule has 0 spiro atoms. The molecule has 0 fully saturated rings. The minimum absolute atomic E-state index is 0.185. The average molecular weight is 307 g/mol. The van der Waals surface area contributed by atoms with Crippen molar-refractivity contribution in [1.82, 2.24) is 20.2 Å². The third-order valence-corrected chi connectivity index (χ3v) is 3.63. The Morgan fingerprint density at radius 3 is 2.57 bits per heavy atom. The standard InChI is InChI=1S/C17H17N5O/c1-12-8-9-15(13(2)10-12)19-17(23)16(22-11-18-20-21-22)14-6-4-3-5-7-14/h3-11,16H,1-2H3,(H,19,23). The first-order chi connectivity index (χ1) is 11.1. The van der Waals surface area contributed by atoms with E-state index >= 15 is 0 Å². The third-order valence-electron chi connectivity index (χ3n) is 3.63. The summed E-state index contributed by atoms with van der Waals surface area (Å²) in [6, 6.07) is 14.7. The molecule has 23 heavy (non-hydrogen) atoms. The normalized spacial score (nSPS) is 11.9. The molecule has 0 bridgehead atoms. The van der Waals surface area contributed by atoms with Crippen molar-refractivity contribution < 1.29 is 4.79 Å². The van der Waals surface area contributed by atoms with Crippen molar-refractivity contribution in [1.29, 1.82) is 0 Å². The van der Waals surface area contributed by atoms with Gasteiger partial charge in [-0.1, -0.05) is 48.0 Å². The second-order valence-corrected chi connectivity index (χ2v) is 5.41. The zero-order valence-corrected chi connectivity index (χ0v) is 13.0. The molecule has 0 aliphatic rings. The number of nitrogens with zero attached hydrogens (tertiary/aromatic N) is 4. The molecular weight excluding hydrogens is 290 g/mol. The summed E-state index contributed by atoms with van der Waals surface area (Å²) < 4.78 is 1.45. The van der Waals surface area contributed by atoms with E-state index in [-0.39, 0.29) is 5.91 Å². The van der Waals surface area contributed by atoms with E-state index in [4.69, 9.17) is 0 Å². The summed E-state index contributed by atoms with van der Waals surface area (Å²) in [5, 5.41) is 14.1. The van der Waals surface area contributed by atoms with E-state index in [0.29, 0.717) is 0 Å². The molecule has 116 valence electrons. The van der Waals surface area contributed by atoms with Crippen LogP contribution in [-0.4, -0.2) is 26.1 Å². The van der Waals surface area contributed by atoms with Gasteiger partial charge in [0.25, 0.3) is 5.91 Å². The summed E-state index contributed by atoms with van der Waals surface area (Å²) in [6.07, 6.45) is 1.44. The molecule has 0 radical (unpaired) electrons. The van der Waals surface area contributed by atoms with E-state index in [1.165, 1.54) is 11.0 Å². The van der Waals surface area contributed by atoms with Crippen molar-refractivity contribution in [3.05, 3.63) is 71.5 Å². The summed E-state index contributed by atoms with van der Waals surface area (Å²) in [6.45, 7) is 3.99. The van der Waals surface area contributed by atoms with Gasteiger partial charge in [0.15, 0.2) is 6.04 Å². The van der Waals surface area contributed by atoms with Gasteiger partial charge in [0.2, 0.25) is 0 Å². The number of hydrogen-bond acceptors (Lipinski definition) is 4. The third kappa shape index (κ3) is 3.26. The first kappa shape index (κ1) is 14.9. The van der Waals surface area contributed by atoms with Crippen LogP contribution in [0, 0.1) is 13.8 Å². The largest absolute Gasteiger partial charge is 0.324 e. The minimum Gasteiger partial charge on any atom is -0.324 e. The monoisotopic (exact) mass is 307 g/mol. The number of carbonyl (C=O) groups excluding carboxylic acids is 1. The van der Waals surface area contributed by atoms with Crippen LogP contribution in [0.1, 0.15) is 22.7 Å². The number of aromatic nitrogens is 4. The van der Waals surface area contributed by atoms with Crippen molar-refractivity contribution in [2.24, 2.45) is 0 Å². The predicted molar refractivity (Wildman–Crippen MR) is 86.9 cm³/mol. The van der Waals surface area contributed by atoms with Gasteiger partial charge in [-0.05, 0) is 41.5 Å². The van der Waals surface area contributed by atoms with Crippen molar-refractivity contribution in [2.75, 3.05) is 5.32 Å². The molecule has 3 rings (SSSR count). The van der Waals surface area contributed by atoms with Crippen LogP contribution in [0.5, 0.6) is 0 Å². The number of tetrazole rings is 1. The summed E-state index contributed by atoms with van der Waals surface area (Å²) in [5.41, 5.74) is 3.78. The van der Waals surface area contributed by atoms with Crippen molar-refractivity contribution in [2.45, 2.75) is 19.9 Å². The van der Waals surface area contributed by atoms with E-state index in [1.807, 2.05) is 62.4 Å². The number of aryl methyl sites for hydroxylation is 2. The number of carbonyl (C=O) groups is 1. The Kier molecular flexibility index (Phi) is 4.14. The van der Waals surface area contributed by atoms with Gasteiger partial charge in [0.1, 0.15) is 6.33 Å². The molecule has 6 heteroatoms. The van der Waals surface area contributed by atoms with Crippen LogP contribution in [0.25, 0.3) is 0 Å². The summed E-state index contributed by atoms with van der Waals surface area (Å²) >= 11 is 0. The fourth-order valence-electron chi connectivity index (χ4n) is 2.50. The highest BCUT2D eigenvalue weighted by molar-refractivity contribution is 5.96. The molecular formula is C17H17N5O. The molecule has 0 aliphatic carbocycles. The van der Waals surface area contributed by atoms with E-state index in [9.17, 15) is 4.79 Å². The van der Waals surface area contributed by atoms with Crippen LogP contribution in [0.2, 0.25) is 0 Å². The highest BCUT2D eigenvalue weighted by Crippen LogP contribution is 2.21. The molecule has 1 unspecified atom stereocenters. The van der Waals surface area contributed by atoms with Gasteiger partial charge in [0.05, 0.1) is 0 Å². The Hall–Kier alpha value is -3.02. The van der Waals surface area contributed by atoms with Crippen LogP contribution in [0.4, 0.5) is 5.69 Å². The Bertz CT molecular complexity index is 799. The van der Waals surface area contributed by atoms with E-state index < -0.39 is 6.04 Å². The van der Waals surface area contributed by atoms with Crippen LogP contribution in [-0.2, 0) is 4.79 Å². The Morgan fingerprint density at radius 1 is 1.13 bits per heavy atom. The lowest BCUT2D eigenvalue weighted by Crippen LogP contribution is -2.27. The molecule has 1 N–H and O–H groups in total. The summed E-state index contributed by atoms with van der Waals surface area (Å²) in [7, 11) is 0. The zero-order valence-electron chi connectivity index (χ0n) is 13.0. The molecule has 1 atom stereocenters. The van der Waals surface area contributed by atoms with Gasteiger partial charge in [-0.25, -0.2) is 4.68 Å². The van der Waals surface area contributed by atoms with Crippen molar-refractivity contribution in [3.63, 3.8) is 0 Å². The zero-order chi connectivity index (χ0) is 16.2. The first-order valence-electron chi connectivity index (χ1n) is 7.30. The topological polar surface area (TPSA) is 72.7 Å². The summed E-state index contributed by atoms with van der Waals surface area (Å²) in [4.78, 5) is 12.8. The number of nitrogens with one attached hydrogen (secondary N) is 1. The van der Waals surface area contributed by atoms with Crippen LogP contribution < -0.4 is 5.32 Å². The number of rotatable bonds is 4. The van der Waals surface area contributed by atoms with Gasteiger partial charge >= 0.3 is 0 Å². The SMILES string of the molecule is Cc1ccc(NC(=O)C(c2ccccc2)n2cnnn2)c(C)c1. The predicted octanol–water partition coefficient (Wildman–Crippen LogP) is 2.52. The molecule has 0 aliphatic heterocycles. The van der Waals surface area contributed by atoms with Gasteiger partial charge in [-0.2, -0.15) is 0 Å². The smallest absolute Gasteiger partial charge is 0.253 e. The Balaban J connectivity index is 1.92. The minimum atomic E-state index is -0.619. The number of benzene rings is 2. The molecule has 2 aromatic carbocycles. The number of anilines is 1. The maximum absolute atomic E-state index is 12.8. The maximum atomic E-state index is 12.8. The summed E-state index contributed by atoms with van der Waals surface area (Å²) in [5.74, 6) is -0.185. The molecule has 0 saturated heterocycles. The molecule has 1 heterocycles. The van der Waals surface area contributed by atoms with Crippen LogP contribution in [0.15, 0.2) is 54.9 Å². The van der Waals surface area contributed by atoms with Crippen molar-refractivity contribution >= 4 is 11.6 Å². The maximum Gasteiger partial charge on any atom is 0.253 e. The second-order valence-electron chi connectivity index (χ2n) is 5.41. The lowest BCUT2D eigenvalue weighted by atomic mass is 10.1. The highest BCUT2D eigenvalue weighted by atomic mass is 16.2. The molecule has 3 aromatic rings. The van der Waals surface area contributed by atoms with E-state index in [2.05, 4.69) is 20.8 Å². The van der Waals surface area contributed by atoms with Gasteiger partial charge in [-0.15, -0.1) is 5.10 Å². The van der Waals surface area contributed by atoms with Gasteiger partial charge in [0, 0.05) is 5.69 Å². The molecule has 6 nitrogen and oxygen atoms in total. The Labute approximate surface area is 134 Å².